The molecule has 0 aliphatic heterocycles. The largest absolute Gasteiger partial charge is 0.383 e. The van der Waals surface area contributed by atoms with Crippen LogP contribution in [0.25, 0.3) is 0 Å². The van der Waals surface area contributed by atoms with Crippen LogP contribution < -0.4 is 4.18 Å². The van der Waals surface area contributed by atoms with Crippen molar-refractivity contribution in [2.24, 2.45) is 0 Å². The van der Waals surface area contributed by atoms with Crippen molar-refractivity contribution >= 4 is 16.0 Å². The summed E-state index contributed by atoms with van der Waals surface area (Å²) in [5, 5.41) is 0. The first-order chi connectivity index (χ1) is 9.76. The van der Waals surface area contributed by atoms with Crippen LogP contribution in [-0.4, -0.2) is 31.5 Å². The lowest BCUT2D eigenvalue weighted by Gasteiger charge is -2.28. The Kier molecular flexibility index (Phi) is 6.20. The second kappa shape index (κ2) is 7.45. The molecule has 5 nitrogen and oxygen atoms in total. The normalized spacial score (nSPS) is 12.8. The highest BCUT2D eigenvalue weighted by Crippen LogP contribution is 2.17. The highest BCUT2D eigenvalue weighted by molar-refractivity contribution is 7.86. The Bertz CT molecular complexity index is 566. The van der Waals surface area contributed by atoms with Crippen LogP contribution in [0.15, 0.2) is 24.3 Å². The molecule has 0 aromatic heterocycles. The zero-order valence-corrected chi connectivity index (χ0v) is 13.8. The minimum absolute atomic E-state index is 0.112. The van der Waals surface area contributed by atoms with E-state index < -0.39 is 10.1 Å². The second-order valence-electron chi connectivity index (χ2n) is 5.06. The summed E-state index contributed by atoms with van der Waals surface area (Å²) in [6, 6.07) is 6.92. The van der Waals surface area contributed by atoms with E-state index in [1.54, 1.807) is 24.3 Å². The molecule has 118 valence electrons. The molecule has 0 heterocycles. The maximum absolute atomic E-state index is 12.0. The number of rotatable bonds is 7. The van der Waals surface area contributed by atoms with E-state index >= 15 is 0 Å². The zero-order chi connectivity index (χ0) is 16.0. The summed E-state index contributed by atoms with van der Waals surface area (Å²) in [4.78, 5) is 13.8. The van der Waals surface area contributed by atoms with Gasteiger partial charge in [-0.3, -0.25) is 4.79 Å². The molecular weight excluding hydrogens is 290 g/mol. The van der Waals surface area contributed by atoms with Gasteiger partial charge in [0.05, 0.1) is 6.26 Å². The first kappa shape index (κ1) is 17.5. The van der Waals surface area contributed by atoms with Crippen LogP contribution in [0.4, 0.5) is 0 Å². The molecule has 6 heteroatoms. The van der Waals surface area contributed by atoms with Gasteiger partial charge in [0.2, 0.25) is 5.91 Å². The molecule has 0 saturated heterocycles. The van der Waals surface area contributed by atoms with Crippen LogP contribution in [0.2, 0.25) is 0 Å². The number of nitrogens with zero attached hydrogens (tertiary/aromatic N) is 1. The van der Waals surface area contributed by atoms with E-state index in [1.807, 2.05) is 25.7 Å². The minimum Gasteiger partial charge on any atom is -0.383 e. The Morgan fingerprint density at radius 2 is 1.81 bits per heavy atom. The number of carbonyl (C=O) groups is 1. The van der Waals surface area contributed by atoms with Crippen molar-refractivity contribution in [1.82, 2.24) is 4.90 Å². The predicted molar refractivity (Wildman–Crippen MR) is 82.5 cm³/mol. The van der Waals surface area contributed by atoms with Gasteiger partial charge in [0.25, 0.3) is 0 Å². The van der Waals surface area contributed by atoms with Gasteiger partial charge in [-0.15, -0.1) is 0 Å². The highest BCUT2D eigenvalue weighted by Gasteiger charge is 2.17. The lowest BCUT2D eigenvalue weighted by molar-refractivity contribution is -0.133. The quantitative estimate of drug-likeness (QED) is 0.726. The van der Waals surface area contributed by atoms with E-state index in [0.717, 1.165) is 18.2 Å². The van der Waals surface area contributed by atoms with Gasteiger partial charge in [0, 0.05) is 19.0 Å². The van der Waals surface area contributed by atoms with Gasteiger partial charge in [-0.2, -0.15) is 8.42 Å². The van der Waals surface area contributed by atoms with Crippen molar-refractivity contribution in [3.8, 4) is 5.75 Å². The molecule has 0 aliphatic rings. The summed E-state index contributed by atoms with van der Waals surface area (Å²) in [7, 11) is -3.51. The van der Waals surface area contributed by atoms with Crippen molar-refractivity contribution in [1.29, 1.82) is 0 Å². The number of amides is 1. The third-order valence-corrected chi connectivity index (χ3v) is 3.76. The highest BCUT2D eigenvalue weighted by atomic mass is 32.2. The lowest BCUT2D eigenvalue weighted by atomic mass is 10.1. The van der Waals surface area contributed by atoms with Crippen LogP contribution in [-0.2, 0) is 21.5 Å². The molecule has 0 N–H and O–H groups in total. The zero-order valence-electron chi connectivity index (χ0n) is 13.0. The molecule has 0 fully saturated rings. The predicted octanol–water partition coefficient (Wildman–Crippen LogP) is 2.56. The van der Waals surface area contributed by atoms with Gasteiger partial charge in [-0.25, -0.2) is 0 Å². The average Bonchev–Trinajstić information content (AvgIpc) is 2.43. The maximum atomic E-state index is 12.0. The molecule has 1 atom stereocenters. The smallest absolute Gasteiger partial charge is 0.306 e. The van der Waals surface area contributed by atoms with Crippen LogP contribution in [0.3, 0.4) is 0 Å². The summed E-state index contributed by atoms with van der Waals surface area (Å²) in [6.07, 6.45) is 2.37. The Morgan fingerprint density at radius 1 is 1.24 bits per heavy atom. The number of hydrogen-bond donors (Lipinski definition) is 0. The molecule has 1 aromatic carbocycles. The van der Waals surface area contributed by atoms with E-state index in [9.17, 15) is 13.2 Å². The minimum atomic E-state index is -3.51. The fourth-order valence-electron chi connectivity index (χ4n) is 1.94. The van der Waals surface area contributed by atoms with E-state index in [0.29, 0.717) is 13.0 Å². The molecular formula is C15H23NO4S. The molecule has 0 bridgehead atoms. The molecule has 0 aliphatic carbocycles. The first-order valence-corrected chi connectivity index (χ1v) is 8.86. The summed E-state index contributed by atoms with van der Waals surface area (Å²) in [6.45, 7) is 6.43. The second-order valence-corrected chi connectivity index (χ2v) is 6.64. The molecule has 0 saturated carbocycles. The average molecular weight is 313 g/mol. The van der Waals surface area contributed by atoms with Gasteiger partial charge in [-0.05, 0) is 31.0 Å². The van der Waals surface area contributed by atoms with E-state index in [4.69, 9.17) is 4.18 Å². The summed E-state index contributed by atoms with van der Waals surface area (Å²) >= 11 is 0. The maximum Gasteiger partial charge on any atom is 0.306 e. The molecule has 0 unspecified atom stereocenters. The van der Waals surface area contributed by atoms with Crippen LogP contribution >= 0.6 is 0 Å². The SMILES string of the molecule is CCC(=O)N(Cc1ccc(OS(C)(=O)=O)cc1)[C@@H](C)CC. The fourth-order valence-corrected chi connectivity index (χ4v) is 2.40. The van der Waals surface area contributed by atoms with Crippen molar-refractivity contribution in [2.75, 3.05) is 6.26 Å². The van der Waals surface area contributed by atoms with E-state index in [2.05, 4.69) is 0 Å². The molecule has 21 heavy (non-hydrogen) atoms. The number of carbonyl (C=O) groups excluding carboxylic acids is 1. The van der Waals surface area contributed by atoms with E-state index in [1.165, 1.54) is 0 Å². The Balaban J connectivity index is 2.83. The number of benzene rings is 1. The van der Waals surface area contributed by atoms with Gasteiger partial charge in [0.15, 0.2) is 0 Å². The first-order valence-electron chi connectivity index (χ1n) is 7.04. The summed E-state index contributed by atoms with van der Waals surface area (Å²) in [5.74, 6) is 0.388. The Hall–Kier alpha value is -1.56. The molecule has 0 spiro atoms. The van der Waals surface area contributed by atoms with Gasteiger partial charge in [-0.1, -0.05) is 26.0 Å². The van der Waals surface area contributed by atoms with Crippen molar-refractivity contribution < 1.29 is 17.4 Å². The van der Waals surface area contributed by atoms with Crippen LogP contribution in [0, 0.1) is 0 Å². The van der Waals surface area contributed by atoms with Crippen LogP contribution in [0.1, 0.15) is 39.2 Å². The van der Waals surface area contributed by atoms with Gasteiger partial charge >= 0.3 is 10.1 Å². The van der Waals surface area contributed by atoms with Crippen LogP contribution in [0.5, 0.6) is 5.75 Å². The van der Waals surface area contributed by atoms with E-state index in [-0.39, 0.29) is 17.7 Å². The fraction of sp³-hybridized carbons (Fsp3) is 0.533. The molecule has 1 aromatic rings. The van der Waals surface area contributed by atoms with Gasteiger partial charge in [0.1, 0.15) is 5.75 Å². The molecule has 1 amide bonds. The van der Waals surface area contributed by atoms with Crippen molar-refractivity contribution in [3.05, 3.63) is 29.8 Å². The molecule has 0 radical (unpaired) electrons. The number of hydrogen-bond acceptors (Lipinski definition) is 4. The topological polar surface area (TPSA) is 63.7 Å². The Morgan fingerprint density at radius 3 is 2.24 bits per heavy atom. The monoisotopic (exact) mass is 313 g/mol. The Labute approximate surface area is 127 Å². The third kappa shape index (κ3) is 5.75. The van der Waals surface area contributed by atoms with Gasteiger partial charge < -0.3 is 9.08 Å². The lowest BCUT2D eigenvalue weighted by Crippen LogP contribution is -2.37. The van der Waals surface area contributed by atoms with Crippen molar-refractivity contribution in [2.45, 2.75) is 46.2 Å². The standard InChI is InChI=1S/C15H23NO4S/c1-5-12(3)16(15(17)6-2)11-13-7-9-14(10-8-13)20-21(4,18)19/h7-10,12H,5-6,11H2,1-4H3/t12-/m0/s1. The summed E-state index contributed by atoms with van der Waals surface area (Å²) < 4.78 is 26.9. The van der Waals surface area contributed by atoms with Crippen molar-refractivity contribution in [3.63, 3.8) is 0 Å². The molecule has 1 rings (SSSR count). The summed E-state index contributed by atoms with van der Waals surface area (Å²) in [5.41, 5.74) is 0.943. The third-order valence-electron chi connectivity index (χ3n) is 3.27.